The molecule has 1 fully saturated rings. The van der Waals surface area contributed by atoms with Crippen molar-refractivity contribution in [1.29, 1.82) is 0 Å². The number of hydrogen-bond acceptors (Lipinski definition) is 5. The van der Waals surface area contributed by atoms with Crippen molar-refractivity contribution in [3.8, 4) is 0 Å². The van der Waals surface area contributed by atoms with Crippen molar-refractivity contribution < 1.29 is 15.1 Å². The molecule has 1 aliphatic carbocycles. The number of nitrogens with zero attached hydrogens (tertiary/aromatic N) is 1. The zero-order valence-corrected chi connectivity index (χ0v) is 11.9. The second-order valence-corrected chi connectivity index (χ2v) is 5.61. The molecule has 116 valence electrons. The SMILES string of the molecule is O=[N+]([O-])c1cccc([C@H](O)CN[C@H]2CCCC[C@H]2CO)c1. The molecular formula is C15H22N2O4. The standard InChI is InChI=1S/C15H22N2O4/c18-10-12-4-1-2-7-14(12)16-9-15(19)11-5-3-6-13(8-11)17(20)21/h3,5-6,8,12,14-16,18-19H,1-2,4,7,9-10H2/t12-,14-,15+/m0/s1. The van der Waals surface area contributed by atoms with Crippen LogP contribution >= 0.6 is 0 Å². The zero-order chi connectivity index (χ0) is 15.2. The average Bonchev–Trinajstić information content (AvgIpc) is 2.52. The van der Waals surface area contributed by atoms with Crippen LogP contribution in [0.15, 0.2) is 24.3 Å². The first-order valence-corrected chi connectivity index (χ1v) is 7.38. The second-order valence-electron chi connectivity index (χ2n) is 5.61. The molecule has 6 heteroatoms. The Morgan fingerprint density at radius 1 is 1.38 bits per heavy atom. The van der Waals surface area contributed by atoms with E-state index in [-0.39, 0.29) is 24.3 Å². The Morgan fingerprint density at radius 3 is 2.86 bits per heavy atom. The number of aliphatic hydroxyl groups is 2. The summed E-state index contributed by atoms with van der Waals surface area (Å²) in [6, 6.07) is 6.28. The van der Waals surface area contributed by atoms with E-state index in [0.29, 0.717) is 12.1 Å². The molecule has 0 spiro atoms. The molecule has 0 unspecified atom stereocenters. The van der Waals surface area contributed by atoms with Crippen LogP contribution in [0.3, 0.4) is 0 Å². The monoisotopic (exact) mass is 294 g/mol. The van der Waals surface area contributed by atoms with Crippen LogP contribution in [0.4, 0.5) is 5.69 Å². The summed E-state index contributed by atoms with van der Waals surface area (Å²) in [5, 5.41) is 33.6. The molecule has 1 aromatic rings. The fourth-order valence-electron chi connectivity index (χ4n) is 2.92. The predicted molar refractivity (Wildman–Crippen MR) is 78.9 cm³/mol. The van der Waals surface area contributed by atoms with Crippen molar-refractivity contribution in [2.75, 3.05) is 13.2 Å². The molecule has 1 aromatic carbocycles. The second kappa shape index (κ2) is 7.49. The smallest absolute Gasteiger partial charge is 0.269 e. The number of nitro benzene ring substituents is 1. The number of nitro groups is 1. The van der Waals surface area contributed by atoms with E-state index >= 15 is 0 Å². The average molecular weight is 294 g/mol. The minimum atomic E-state index is -0.786. The first-order valence-electron chi connectivity index (χ1n) is 7.38. The van der Waals surface area contributed by atoms with E-state index in [9.17, 15) is 20.3 Å². The molecule has 0 aromatic heterocycles. The molecule has 0 amide bonds. The van der Waals surface area contributed by atoms with Crippen molar-refractivity contribution in [2.24, 2.45) is 5.92 Å². The van der Waals surface area contributed by atoms with Gasteiger partial charge in [0.15, 0.2) is 0 Å². The molecule has 3 N–H and O–H groups in total. The summed E-state index contributed by atoms with van der Waals surface area (Å²) in [7, 11) is 0. The van der Waals surface area contributed by atoms with Crippen LogP contribution in [0.2, 0.25) is 0 Å². The molecule has 3 atom stereocenters. The van der Waals surface area contributed by atoms with Crippen LogP contribution in [0.1, 0.15) is 37.4 Å². The third-order valence-corrected chi connectivity index (χ3v) is 4.18. The third kappa shape index (κ3) is 4.23. The maximum Gasteiger partial charge on any atom is 0.269 e. The van der Waals surface area contributed by atoms with Crippen LogP contribution in [0.5, 0.6) is 0 Å². The van der Waals surface area contributed by atoms with E-state index in [0.717, 1.165) is 25.7 Å². The van der Waals surface area contributed by atoms with E-state index in [1.54, 1.807) is 12.1 Å². The highest BCUT2D eigenvalue weighted by Crippen LogP contribution is 2.25. The fraction of sp³-hybridized carbons (Fsp3) is 0.600. The van der Waals surface area contributed by atoms with Crippen molar-refractivity contribution in [2.45, 2.75) is 37.8 Å². The molecule has 6 nitrogen and oxygen atoms in total. The van der Waals surface area contributed by atoms with Gasteiger partial charge in [0.2, 0.25) is 0 Å². The Kier molecular flexibility index (Phi) is 5.67. The molecule has 0 radical (unpaired) electrons. The van der Waals surface area contributed by atoms with E-state index < -0.39 is 11.0 Å². The van der Waals surface area contributed by atoms with Crippen LogP contribution in [0.25, 0.3) is 0 Å². The highest BCUT2D eigenvalue weighted by Gasteiger charge is 2.24. The zero-order valence-electron chi connectivity index (χ0n) is 11.9. The van der Waals surface area contributed by atoms with Gasteiger partial charge in [-0.05, 0) is 24.3 Å². The Bertz CT molecular complexity index is 480. The molecule has 2 rings (SSSR count). The minimum Gasteiger partial charge on any atom is -0.396 e. The molecule has 21 heavy (non-hydrogen) atoms. The number of rotatable bonds is 6. The first-order chi connectivity index (χ1) is 10.1. The molecule has 0 bridgehead atoms. The van der Waals surface area contributed by atoms with Crippen LogP contribution in [-0.4, -0.2) is 34.3 Å². The molecule has 1 saturated carbocycles. The lowest BCUT2D eigenvalue weighted by Crippen LogP contribution is -2.41. The van der Waals surface area contributed by atoms with Gasteiger partial charge in [0.25, 0.3) is 5.69 Å². The molecule has 1 aliphatic rings. The number of aliphatic hydroxyl groups excluding tert-OH is 2. The summed E-state index contributed by atoms with van der Waals surface area (Å²) in [5.74, 6) is 0.232. The van der Waals surface area contributed by atoms with Gasteiger partial charge < -0.3 is 15.5 Å². The Morgan fingerprint density at radius 2 is 2.14 bits per heavy atom. The van der Waals surface area contributed by atoms with Crippen molar-refractivity contribution in [1.82, 2.24) is 5.32 Å². The summed E-state index contributed by atoms with van der Waals surface area (Å²) >= 11 is 0. The molecule has 0 saturated heterocycles. The van der Waals surface area contributed by atoms with E-state index in [1.165, 1.54) is 12.1 Å². The summed E-state index contributed by atoms with van der Waals surface area (Å²) in [5.41, 5.74) is 0.519. The van der Waals surface area contributed by atoms with Crippen LogP contribution in [-0.2, 0) is 0 Å². The van der Waals surface area contributed by atoms with Gasteiger partial charge in [0.1, 0.15) is 0 Å². The highest BCUT2D eigenvalue weighted by molar-refractivity contribution is 5.35. The van der Waals surface area contributed by atoms with Gasteiger partial charge in [0, 0.05) is 31.3 Å². The van der Waals surface area contributed by atoms with Gasteiger partial charge in [-0.1, -0.05) is 25.0 Å². The van der Waals surface area contributed by atoms with Gasteiger partial charge in [-0.25, -0.2) is 0 Å². The lowest BCUT2D eigenvalue weighted by atomic mass is 9.85. The van der Waals surface area contributed by atoms with Crippen molar-refractivity contribution in [3.63, 3.8) is 0 Å². The Hall–Kier alpha value is -1.50. The van der Waals surface area contributed by atoms with Gasteiger partial charge in [0.05, 0.1) is 11.0 Å². The van der Waals surface area contributed by atoms with Gasteiger partial charge >= 0.3 is 0 Å². The van der Waals surface area contributed by atoms with Gasteiger partial charge in [-0.15, -0.1) is 0 Å². The summed E-state index contributed by atoms with van der Waals surface area (Å²) in [6.07, 6.45) is 3.47. The maximum atomic E-state index is 10.7. The maximum absolute atomic E-state index is 10.7. The summed E-state index contributed by atoms with van der Waals surface area (Å²) in [6.45, 7) is 0.493. The lowest BCUT2D eigenvalue weighted by Gasteiger charge is -2.31. The van der Waals surface area contributed by atoms with Crippen LogP contribution < -0.4 is 5.32 Å². The molecular weight excluding hydrogens is 272 g/mol. The van der Waals surface area contributed by atoms with Crippen LogP contribution in [0, 0.1) is 16.0 Å². The largest absolute Gasteiger partial charge is 0.396 e. The fourth-order valence-corrected chi connectivity index (χ4v) is 2.92. The number of hydrogen-bond donors (Lipinski definition) is 3. The normalized spacial score (nSPS) is 23.7. The van der Waals surface area contributed by atoms with Crippen molar-refractivity contribution >= 4 is 5.69 Å². The minimum absolute atomic E-state index is 0.0162. The highest BCUT2D eigenvalue weighted by atomic mass is 16.6. The lowest BCUT2D eigenvalue weighted by molar-refractivity contribution is -0.385. The van der Waals surface area contributed by atoms with Gasteiger partial charge in [-0.3, -0.25) is 10.1 Å². The Labute approximate surface area is 124 Å². The number of nitrogens with one attached hydrogen (secondary N) is 1. The van der Waals surface area contributed by atoms with Gasteiger partial charge in [-0.2, -0.15) is 0 Å². The van der Waals surface area contributed by atoms with E-state index in [1.807, 2.05) is 0 Å². The molecule has 0 aliphatic heterocycles. The predicted octanol–water partition coefficient (Wildman–Crippen LogP) is 1.77. The number of non-ortho nitro benzene ring substituents is 1. The summed E-state index contributed by atoms with van der Waals surface area (Å²) < 4.78 is 0. The van der Waals surface area contributed by atoms with E-state index in [4.69, 9.17) is 0 Å². The third-order valence-electron chi connectivity index (χ3n) is 4.18. The Balaban J connectivity index is 1.93. The number of benzene rings is 1. The molecule has 0 heterocycles. The van der Waals surface area contributed by atoms with E-state index in [2.05, 4.69) is 5.32 Å². The first kappa shape index (κ1) is 15.9. The summed E-state index contributed by atoms with van der Waals surface area (Å²) in [4.78, 5) is 10.3. The quantitative estimate of drug-likeness (QED) is 0.549. The topological polar surface area (TPSA) is 95.6 Å². The van der Waals surface area contributed by atoms with Crippen molar-refractivity contribution in [3.05, 3.63) is 39.9 Å².